The Morgan fingerprint density at radius 1 is 1.33 bits per heavy atom. The van der Waals surface area contributed by atoms with Gasteiger partial charge >= 0.3 is 0 Å². The molecule has 0 spiro atoms. The molecule has 94 valence electrons. The van der Waals surface area contributed by atoms with Gasteiger partial charge in [-0.3, -0.25) is 0 Å². The molecule has 1 aliphatic heterocycles. The third kappa shape index (κ3) is 1.77. The quantitative estimate of drug-likeness (QED) is 0.900. The van der Waals surface area contributed by atoms with E-state index in [0.717, 1.165) is 18.7 Å². The van der Waals surface area contributed by atoms with Crippen LogP contribution < -0.4 is 10.6 Å². The number of nitrogen functional groups attached to an aromatic ring is 1. The van der Waals surface area contributed by atoms with Crippen molar-refractivity contribution in [2.45, 2.75) is 25.3 Å². The summed E-state index contributed by atoms with van der Waals surface area (Å²) in [6.07, 6.45) is 2.33. The highest BCUT2D eigenvalue weighted by Gasteiger charge is 2.39. The second-order valence-electron chi connectivity index (χ2n) is 4.94. The van der Waals surface area contributed by atoms with Crippen LogP contribution in [0.15, 0.2) is 35.7 Å². The number of benzene rings is 1. The number of hydrogen-bond acceptors (Lipinski definition) is 4. The highest BCUT2D eigenvalue weighted by molar-refractivity contribution is 7.13. The summed E-state index contributed by atoms with van der Waals surface area (Å²) in [4.78, 5) is 6.94. The van der Waals surface area contributed by atoms with Gasteiger partial charge < -0.3 is 10.6 Å². The summed E-state index contributed by atoms with van der Waals surface area (Å²) in [5.41, 5.74) is 8.13. The maximum atomic E-state index is 5.78. The van der Waals surface area contributed by atoms with E-state index < -0.39 is 0 Å². The van der Waals surface area contributed by atoms with Crippen molar-refractivity contribution in [3.8, 4) is 0 Å². The van der Waals surface area contributed by atoms with E-state index in [4.69, 9.17) is 5.73 Å². The summed E-state index contributed by atoms with van der Waals surface area (Å²) in [5.74, 6) is 0. The minimum Gasteiger partial charge on any atom is -0.375 e. The fourth-order valence-electron chi connectivity index (χ4n) is 2.79. The van der Waals surface area contributed by atoms with Crippen LogP contribution in [-0.4, -0.2) is 11.5 Å². The largest absolute Gasteiger partial charge is 0.375 e. The summed E-state index contributed by atoms with van der Waals surface area (Å²) in [7, 11) is 0. The summed E-state index contributed by atoms with van der Waals surface area (Å²) < 4.78 is 0. The first-order chi connectivity index (χ1) is 8.70. The monoisotopic (exact) mass is 259 g/mol. The molecule has 1 aromatic carbocycles. The number of hydrogen-bond donors (Lipinski definition) is 1. The molecule has 1 saturated heterocycles. The molecule has 0 amide bonds. The van der Waals surface area contributed by atoms with Gasteiger partial charge in [-0.25, -0.2) is 4.98 Å². The van der Waals surface area contributed by atoms with Gasteiger partial charge in [0.05, 0.1) is 11.2 Å². The Hall–Kier alpha value is -1.55. The molecule has 1 aliphatic rings. The SMILES string of the molecule is C[C@]1(c2csc(N)n2)CCCN1c1ccccc1. The molecular weight excluding hydrogens is 242 g/mol. The molecule has 1 aromatic heterocycles. The lowest BCUT2D eigenvalue weighted by Crippen LogP contribution is -2.39. The predicted octanol–water partition coefficient (Wildman–Crippen LogP) is 3.24. The van der Waals surface area contributed by atoms with E-state index in [1.807, 2.05) is 0 Å². The Kier molecular flexibility index (Phi) is 2.74. The zero-order chi connectivity index (χ0) is 12.6. The Bertz CT molecular complexity index is 537. The maximum Gasteiger partial charge on any atom is 0.180 e. The number of nitrogens with zero attached hydrogens (tertiary/aromatic N) is 2. The molecular formula is C14H17N3S. The number of rotatable bonds is 2. The van der Waals surface area contributed by atoms with E-state index in [0.29, 0.717) is 5.13 Å². The van der Waals surface area contributed by atoms with Gasteiger partial charge in [0, 0.05) is 17.6 Å². The Morgan fingerprint density at radius 2 is 2.11 bits per heavy atom. The average Bonchev–Trinajstić information content (AvgIpc) is 2.98. The fourth-order valence-corrected chi connectivity index (χ4v) is 3.48. The highest BCUT2D eigenvalue weighted by atomic mass is 32.1. The van der Waals surface area contributed by atoms with Gasteiger partial charge in [0.15, 0.2) is 5.13 Å². The third-order valence-corrected chi connectivity index (χ3v) is 4.46. The average molecular weight is 259 g/mol. The summed E-state index contributed by atoms with van der Waals surface area (Å²) in [6.45, 7) is 3.35. The van der Waals surface area contributed by atoms with E-state index in [1.165, 1.54) is 23.4 Å². The number of aromatic nitrogens is 1. The third-order valence-electron chi connectivity index (χ3n) is 3.78. The van der Waals surface area contributed by atoms with Crippen LogP contribution in [0.4, 0.5) is 10.8 Å². The van der Waals surface area contributed by atoms with Gasteiger partial charge in [-0.05, 0) is 31.9 Å². The molecule has 0 saturated carbocycles. The van der Waals surface area contributed by atoms with Crippen LogP contribution in [0.3, 0.4) is 0 Å². The van der Waals surface area contributed by atoms with Gasteiger partial charge in [0.1, 0.15) is 0 Å². The van der Waals surface area contributed by atoms with Crippen molar-refractivity contribution in [1.29, 1.82) is 0 Å². The first-order valence-electron chi connectivity index (χ1n) is 6.24. The molecule has 2 heterocycles. The Balaban J connectivity index is 2.00. The van der Waals surface area contributed by atoms with Crippen molar-refractivity contribution in [2.24, 2.45) is 0 Å². The normalized spacial score (nSPS) is 23.5. The topological polar surface area (TPSA) is 42.1 Å². The van der Waals surface area contributed by atoms with Crippen LogP contribution in [0.1, 0.15) is 25.5 Å². The van der Waals surface area contributed by atoms with Crippen molar-refractivity contribution in [3.63, 3.8) is 0 Å². The zero-order valence-electron chi connectivity index (χ0n) is 10.5. The van der Waals surface area contributed by atoms with E-state index in [9.17, 15) is 0 Å². The summed E-state index contributed by atoms with van der Waals surface area (Å²) >= 11 is 1.53. The lowest BCUT2D eigenvalue weighted by Gasteiger charge is -2.35. The van der Waals surface area contributed by atoms with Crippen LogP contribution in [0.25, 0.3) is 0 Å². The molecule has 0 radical (unpaired) electrons. The first kappa shape index (κ1) is 11.5. The van der Waals surface area contributed by atoms with Gasteiger partial charge in [-0.15, -0.1) is 11.3 Å². The number of nitrogens with two attached hydrogens (primary N) is 1. The summed E-state index contributed by atoms with van der Waals surface area (Å²) in [5, 5.41) is 2.75. The Morgan fingerprint density at radius 3 is 2.78 bits per heavy atom. The zero-order valence-corrected chi connectivity index (χ0v) is 11.3. The van der Waals surface area contributed by atoms with Crippen molar-refractivity contribution in [2.75, 3.05) is 17.2 Å². The Labute approximate surface area is 111 Å². The van der Waals surface area contributed by atoms with E-state index in [1.54, 1.807) is 0 Å². The fraction of sp³-hybridized carbons (Fsp3) is 0.357. The van der Waals surface area contributed by atoms with Gasteiger partial charge in [-0.1, -0.05) is 18.2 Å². The van der Waals surface area contributed by atoms with Crippen LogP contribution in [0.2, 0.25) is 0 Å². The summed E-state index contributed by atoms with van der Waals surface area (Å²) in [6, 6.07) is 10.6. The lowest BCUT2D eigenvalue weighted by atomic mass is 9.95. The number of thiazole rings is 1. The molecule has 2 aromatic rings. The molecule has 18 heavy (non-hydrogen) atoms. The lowest BCUT2D eigenvalue weighted by molar-refractivity contribution is 0.481. The van der Waals surface area contributed by atoms with Crippen LogP contribution >= 0.6 is 11.3 Å². The van der Waals surface area contributed by atoms with E-state index in [2.05, 4.69) is 52.5 Å². The highest BCUT2D eigenvalue weighted by Crippen LogP contribution is 2.41. The molecule has 4 heteroatoms. The molecule has 3 rings (SSSR count). The number of anilines is 2. The smallest absolute Gasteiger partial charge is 0.180 e. The predicted molar refractivity (Wildman–Crippen MR) is 76.9 cm³/mol. The second kappa shape index (κ2) is 4.28. The van der Waals surface area contributed by atoms with Crippen LogP contribution in [0, 0.1) is 0 Å². The number of para-hydroxylation sites is 1. The van der Waals surface area contributed by atoms with Crippen LogP contribution in [0.5, 0.6) is 0 Å². The standard InChI is InChI=1S/C14H17N3S/c1-14(12-10-18-13(15)16-12)8-5-9-17(14)11-6-3-2-4-7-11/h2-4,6-7,10H,5,8-9H2,1H3,(H2,15,16)/t14-/m1/s1. The van der Waals surface area contributed by atoms with Crippen molar-refractivity contribution in [1.82, 2.24) is 4.98 Å². The van der Waals surface area contributed by atoms with Crippen molar-refractivity contribution < 1.29 is 0 Å². The minimum atomic E-state index is -0.0184. The van der Waals surface area contributed by atoms with Gasteiger partial charge in [-0.2, -0.15) is 0 Å². The van der Waals surface area contributed by atoms with E-state index in [-0.39, 0.29) is 5.54 Å². The first-order valence-corrected chi connectivity index (χ1v) is 7.12. The second-order valence-corrected chi connectivity index (χ2v) is 5.83. The van der Waals surface area contributed by atoms with Crippen molar-refractivity contribution in [3.05, 3.63) is 41.4 Å². The maximum absolute atomic E-state index is 5.78. The molecule has 0 unspecified atom stereocenters. The van der Waals surface area contributed by atoms with Gasteiger partial charge in [0.25, 0.3) is 0 Å². The van der Waals surface area contributed by atoms with Crippen LogP contribution in [-0.2, 0) is 5.54 Å². The molecule has 1 fully saturated rings. The minimum absolute atomic E-state index is 0.0184. The van der Waals surface area contributed by atoms with Crippen molar-refractivity contribution >= 4 is 22.2 Å². The molecule has 0 bridgehead atoms. The van der Waals surface area contributed by atoms with Gasteiger partial charge in [0.2, 0.25) is 0 Å². The van der Waals surface area contributed by atoms with E-state index >= 15 is 0 Å². The molecule has 1 atom stereocenters. The molecule has 0 aliphatic carbocycles. The molecule has 2 N–H and O–H groups in total. The molecule has 3 nitrogen and oxygen atoms in total.